The van der Waals surface area contributed by atoms with Gasteiger partial charge in [0.15, 0.2) is 0 Å². The van der Waals surface area contributed by atoms with Crippen molar-refractivity contribution in [1.29, 1.82) is 0 Å². The summed E-state index contributed by atoms with van der Waals surface area (Å²) in [6.45, 7) is 3.39. The largest absolute Gasteiger partial charge is 0.309 e. The van der Waals surface area contributed by atoms with Crippen LogP contribution < -0.4 is 5.32 Å². The van der Waals surface area contributed by atoms with Crippen molar-refractivity contribution < 1.29 is 9.59 Å². The number of imide groups is 1. The highest BCUT2D eigenvalue weighted by atomic mass is 16.2. The molecule has 0 saturated heterocycles. The van der Waals surface area contributed by atoms with Crippen LogP contribution in [-0.4, -0.2) is 37.4 Å². The summed E-state index contributed by atoms with van der Waals surface area (Å²) in [4.78, 5) is 22.2. The normalized spacial score (nSPS) is 14.2. The Balaban J connectivity index is 0.000000226. The van der Waals surface area contributed by atoms with E-state index >= 15 is 0 Å². The van der Waals surface area contributed by atoms with Crippen molar-refractivity contribution >= 4 is 11.8 Å². The maximum Gasteiger partial charge on any atom is 0.250 e. The summed E-state index contributed by atoms with van der Waals surface area (Å²) in [5.41, 5.74) is 0. The van der Waals surface area contributed by atoms with Crippen molar-refractivity contribution in [3.63, 3.8) is 0 Å². The van der Waals surface area contributed by atoms with E-state index in [9.17, 15) is 9.59 Å². The van der Waals surface area contributed by atoms with Gasteiger partial charge >= 0.3 is 0 Å². The van der Waals surface area contributed by atoms with E-state index in [0.29, 0.717) is 0 Å². The summed E-state index contributed by atoms with van der Waals surface area (Å²) >= 11 is 0. The lowest BCUT2D eigenvalue weighted by Crippen LogP contribution is -2.19. The summed E-state index contributed by atoms with van der Waals surface area (Å²) in [6, 6.07) is 0. The Morgan fingerprint density at radius 1 is 1.23 bits per heavy atom. The van der Waals surface area contributed by atoms with E-state index in [1.54, 1.807) is 0 Å². The minimum absolute atomic E-state index is 0.329. The van der Waals surface area contributed by atoms with Crippen molar-refractivity contribution in [2.75, 3.05) is 20.6 Å². The zero-order chi connectivity index (χ0) is 10.3. The van der Waals surface area contributed by atoms with Crippen molar-refractivity contribution in [2.24, 2.45) is 0 Å². The molecule has 0 unspecified atom stereocenters. The zero-order valence-electron chi connectivity index (χ0n) is 8.33. The first kappa shape index (κ1) is 11.8. The maximum atomic E-state index is 10.0. The highest BCUT2D eigenvalue weighted by Crippen LogP contribution is 1.82. The van der Waals surface area contributed by atoms with Crippen molar-refractivity contribution in [3.8, 4) is 0 Å². The molecule has 0 radical (unpaired) electrons. The lowest BCUT2D eigenvalue weighted by Gasteiger charge is -2.03. The second-order valence-corrected chi connectivity index (χ2v) is 2.99. The van der Waals surface area contributed by atoms with Gasteiger partial charge in [-0.25, -0.2) is 0 Å². The van der Waals surface area contributed by atoms with Crippen LogP contribution in [-0.2, 0) is 9.59 Å². The summed E-state index contributed by atoms with van der Waals surface area (Å²) in [5.74, 6) is -0.657. The van der Waals surface area contributed by atoms with Crippen LogP contribution in [0, 0.1) is 0 Å². The minimum atomic E-state index is -0.329. The zero-order valence-corrected chi connectivity index (χ0v) is 8.33. The average Bonchev–Trinajstić information content (AvgIpc) is 2.35. The number of nitrogens with zero attached hydrogens (tertiary/aromatic N) is 1. The van der Waals surface area contributed by atoms with E-state index in [1.165, 1.54) is 25.1 Å². The molecule has 4 heteroatoms. The Morgan fingerprint density at radius 2 is 1.69 bits per heavy atom. The molecule has 1 rings (SSSR count). The number of carbonyl (C=O) groups excluding carboxylic acids is 2. The molecule has 1 aliphatic rings. The van der Waals surface area contributed by atoms with Gasteiger partial charge in [0.2, 0.25) is 0 Å². The fourth-order valence-electron chi connectivity index (χ4n) is 0.803. The number of hydrogen-bond acceptors (Lipinski definition) is 3. The van der Waals surface area contributed by atoms with Gasteiger partial charge in [0.05, 0.1) is 0 Å². The number of hydrogen-bond donors (Lipinski definition) is 1. The van der Waals surface area contributed by atoms with Crippen molar-refractivity contribution in [1.82, 2.24) is 10.2 Å². The summed E-state index contributed by atoms with van der Waals surface area (Å²) in [6.07, 6.45) is 3.65. The van der Waals surface area contributed by atoms with E-state index in [1.807, 2.05) is 5.32 Å². The van der Waals surface area contributed by atoms with Crippen LogP contribution in [0.15, 0.2) is 12.2 Å². The van der Waals surface area contributed by atoms with Crippen LogP contribution in [0.4, 0.5) is 0 Å². The lowest BCUT2D eigenvalue weighted by molar-refractivity contribution is -0.123. The molecule has 1 aliphatic heterocycles. The van der Waals surface area contributed by atoms with Gasteiger partial charge in [0.1, 0.15) is 0 Å². The van der Waals surface area contributed by atoms with E-state index in [2.05, 4.69) is 25.9 Å². The fraction of sp³-hybridized carbons (Fsp3) is 0.556. The van der Waals surface area contributed by atoms with E-state index in [4.69, 9.17) is 0 Å². The molecule has 0 aromatic heterocycles. The lowest BCUT2D eigenvalue weighted by atomic mass is 10.5. The predicted octanol–water partition coefficient (Wildman–Crippen LogP) is 0.157. The third-order valence-electron chi connectivity index (χ3n) is 1.30. The molecule has 0 aliphatic carbocycles. The van der Waals surface area contributed by atoms with Gasteiger partial charge in [-0.15, -0.1) is 0 Å². The molecule has 0 aromatic carbocycles. The monoisotopic (exact) mass is 184 g/mol. The Kier molecular flexibility index (Phi) is 5.80. The Bertz CT molecular complexity index is 194. The molecule has 0 bridgehead atoms. The third kappa shape index (κ3) is 7.21. The number of nitrogens with one attached hydrogen (secondary N) is 1. The molecule has 0 spiro atoms. The van der Waals surface area contributed by atoms with Crippen LogP contribution in [0.1, 0.15) is 13.3 Å². The molecule has 4 nitrogen and oxygen atoms in total. The molecule has 74 valence electrons. The second-order valence-electron chi connectivity index (χ2n) is 2.99. The van der Waals surface area contributed by atoms with Crippen LogP contribution >= 0.6 is 0 Å². The first-order chi connectivity index (χ1) is 6.06. The van der Waals surface area contributed by atoms with Crippen LogP contribution in [0.2, 0.25) is 0 Å². The molecule has 13 heavy (non-hydrogen) atoms. The molecular formula is C9H16N2O2. The fourth-order valence-corrected chi connectivity index (χ4v) is 0.803. The summed E-state index contributed by atoms with van der Waals surface area (Å²) in [7, 11) is 4.17. The predicted molar refractivity (Wildman–Crippen MR) is 51.1 cm³/mol. The van der Waals surface area contributed by atoms with Gasteiger partial charge in [0, 0.05) is 12.2 Å². The smallest absolute Gasteiger partial charge is 0.250 e. The maximum absolute atomic E-state index is 10.0. The van der Waals surface area contributed by atoms with E-state index in [0.717, 1.165) is 0 Å². The van der Waals surface area contributed by atoms with Crippen molar-refractivity contribution in [2.45, 2.75) is 13.3 Å². The van der Waals surface area contributed by atoms with Gasteiger partial charge in [-0.3, -0.25) is 14.9 Å². The molecule has 2 amide bonds. The van der Waals surface area contributed by atoms with Gasteiger partial charge in [0.25, 0.3) is 11.8 Å². The molecule has 0 saturated carbocycles. The van der Waals surface area contributed by atoms with E-state index in [-0.39, 0.29) is 11.8 Å². The molecule has 0 fully saturated rings. The first-order valence-electron chi connectivity index (χ1n) is 4.24. The Labute approximate surface area is 78.6 Å². The first-order valence-corrected chi connectivity index (χ1v) is 4.24. The molecular weight excluding hydrogens is 168 g/mol. The summed E-state index contributed by atoms with van der Waals surface area (Å²) < 4.78 is 0. The van der Waals surface area contributed by atoms with E-state index < -0.39 is 0 Å². The standard InChI is InChI=1S/C5H13N.C4H3NO2/c1-4-5-6(2)3;6-3-1-2-4(7)5-3/h4-5H2,1-3H3;1-2H,(H,5,6,7). The Hall–Kier alpha value is -1.16. The highest BCUT2D eigenvalue weighted by Gasteiger charge is 2.06. The number of rotatable bonds is 2. The third-order valence-corrected chi connectivity index (χ3v) is 1.30. The number of amides is 2. The Morgan fingerprint density at radius 3 is 1.77 bits per heavy atom. The van der Waals surface area contributed by atoms with Crippen LogP contribution in [0.3, 0.4) is 0 Å². The molecule has 1 heterocycles. The van der Waals surface area contributed by atoms with Gasteiger partial charge in [-0.2, -0.15) is 0 Å². The van der Waals surface area contributed by atoms with Gasteiger partial charge in [-0.05, 0) is 27.1 Å². The van der Waals surface area contributed by atoms with Gasteiger partial charge in [-0.1, -0.05) is 6.92 Å². The quantitative estimate of drug-likeness (QED) is 0.622. The van der Waals surface area contributed by atoms with Crippen molar-refractivity contribution in [3.05, 3.63) is 12.2 Å². The van der Waals surface area contributed by atoms with Crippen LogP contribution in [0.25, 0.3) is 0 Å². The molecule has 1 N–H and O–H groups in total. The molecule has 0 atom stereocenters. The minimum Gasteiger partial charge on any atom is -0.309 e. The van der Waals surface area contributed by atoms with Crippen LogP contribution in [0.5, 0.6) is 0 Å². The number of carbonyl (C=O) groups is 2. The van der Waals surface area contributed by atoms with Gasteiger partial charge < -0.3 is 4.90 Å². The second kappa shape index (κ2) is 6.37. The highest BCUT2D eigenvalue weighted by molar-refractivity contribution is 6.12. The average molecular weight is 184 g/mol. The topological polar surface area (TPSA) is 49.4 Å². The molecule has 0 aromatic rings. The summed E-state index contributed by atoms with van der Waals surface area (Å²) in [5, 5.41) is 2.03. The SMILES string of the molecule is CCCN(C)C.O=C1C=CC(=O)N1.